The zero-order valence-corrected chi connectivity index (χ0v) is 11.6. The minimum Gasteiger partial charge on any atom is -0.309 e. The minimum atomic E-state index is -0.249. The van der Waals surface area contributed by atoms with Gasteiger partial charge in [-0.25, -0.2) is 0 Å². The molecule has 0 radical (unpaired) electrons. The Kier molecular flexibility index (Phi) is 3.88. The fourth-order valence-corrected chi connectivity index (χ4v) is 3.09. The van der Waals surface area contributed by atoms with E-state index in [4.69, 9.17) is 4.99 Å². The molecule has 0 atom stereocenters. The maximum Gasteiger partial charge on any atom is 0.270 e. The Morgan fingerprint density at radius 2 is 1.94 bits per heavy atom. The highest BCUT2D eigenvalue weighted by molar-refractivity contribution is 6.41. The predicted octanol–water partition coefficient (Wildman–Crippen LogP) is 3.16. The molecule has 0 N–H and O–H groups in total. The van der Waals surface area contributed by atoms with Crippen LogP contribution in [0.2, 0.25) is 0 Å². The van der Waals surface area contributed by atoms with E-state index in [-0.39, 0.29) is 17.5 Å². The lowest BCUT2D eigenvalue weighted by molar-refractivity contribution is -0.127. The van der Waals surface area contributed by atoms with Crippen molar-refractivity contribution in [1.82, 2.24) is 4.90 Å². The largest absolute Gasteiger partial charge is 0.309 e. The summed E-state index contributed by atoms with van der Waals surface area (Å²) in [7, 11) is 0. The van der Waals surface area contributed by atoms with Crippen molar-refractivity contribution >= 4 is 11.6 Å². The molecule has 100 valence electrons. The quantitative estimate of drug-likeness (QED) is 0.706. The van der Waals surface area contributed by atoms with Crippen LogP contribution < -0.4 is 0 Å². The van der Waals surface area contributed by atoms with Crippen LogP contribution in [0.4, 0.5) is 0 Å². The van der Waals surface area contributed by atoms with E-state index in [0.717, 1.165) is 18.6 Å². The van der Waals surface area contributed by atoms with E-state index in [1.807, 2.05) is 11.0 Å². The molecule has 1 amide bonds. The van der Waals surface area contributed by atoms with Crippen LogP contribution in [0, 0.1) is 5.92 Å². The molecule has 1 aliphatic heterocycles. The van der Waals surface area contributed by atoms with E-state index in [1.165, 1.54) is 25.7 Å². The maximum atomic E-state index is 12.5. The second-order valence-corrected chi connectivity index (χ2v) is 5.75. The van der Waals surface area contributed by atoms with Gasteiger partial charge in [-0.05, 0) is 25.7 Å². The van der Waals surface area contributed by atoms with E-state index >= 15 is 0 Å². The molecule has 0 bridgehead atoms. The highest BCUT2D eigenvalue weighted by atomic mass is 16.2. The van der Waals surface area contributed by atoms with Gasteiger partial charge in [0.1, 0.15) is 11.4 Å². The summed E-state index contributed by atoms with van der Waals surface area (Å²) in [5.41, 5.74) is 0.514. The Bertz CT molecular complexity index is 363. The molecular weight excluding hydrogens is 224 g/mol. The molecule has 3 nitrogen and oxygen atoms in total. The Morgan fingerprint density at radius 1 is 1.33 bits per heavy atom. The van der Waals surface area contributed by atoms with Crippen LogP contribution in [-0.4, -0.2) is 28.7 Å². The van der Waals surface area contributed by atoms with Crippen LogP contribution in [0.5, 0.6) is 0 Å². The summed E-state index contributed by atoms with van der Waals surface area (Å²) in [6, 6.07) is 0. The second-order valence-electron chi connectivity index (χ2n) is 5.75. The first-order valence-corrected chi connectivity index (χ1v) is 7.13. The van der Waals surface area contributed by atoms with Crippen LogP contribution in [0.3, 0.4) is 0 Å². The minimum absolute atomic E-state index is 0.131. The lowest BCUT2D eigenvalue weighted by atomic mass is 10.00. The summed E-state index contributed by atoms with van der Waals surface area (Å²) in [6.45, 7) is 8.52. The lowest BCUT2D eigenvalue weighted by Gasteiger charge is -2.35. The molecule has 2 rings (SSSR count). The van der Waals surface area contributed by atoms with Crippen molar-refractivity contribution in [3.8, 4) is 0 Å². The lowest BCUT2D eigenvalue weighted by Crippen LogP contribution is -2.46. The van der Waals surface area contributed by atoms with Gasteiger partial charge in [0.15, 0.2) is 0 Å². The monoisotopic (exact) mass is 248 g/mol. The molecule has 1 saturated carbocycles. The van der Waals surface area contributed by atoms with Gasteiger partial charge in [0.2, 0.25) is 0 Å². The van der Waals surface area contributed by atoms with Crippen molar-refractivity contribution in [2.75, 3.05) is 6.54 Å². The highest BCUT2D eigenvalue weighted by Crippen LogP contribution is 2.38. The van der Waals surface area contributed by atoms with Crippen molar-refractivity contribution in [3.63, 3.8) is 0 Å². The van der Waals surface area contributed by atoms with E-state index < -0.39 is 0 Å². The molecule has 1 fully saturated rings. The molecule has 0 aromatic carbocycles. The van der Waals surface area contributed by atoms with Crippen molar-refractivity contribution in [2.24, 2.45) is 10.9 Å². The molecule has 2 aliphatic rings. The molecule has 0 saturated heterocycles. The fourth-order valence-electron chi connectivity index (χ4n) is 3.09. The standard InChI is InChI=1S/C15H24N2O/c1-4-11-17-14(18)13(12(2)3)16-15(17)9-7-5-6-8-10-15/h4,12H,1,5-11H2,2-3H3. The van der Waals surface area contributed by atoms with E-state index in [0.29, 0.717) is 6.54 Å². The Balaban J connectivity index is 2.33. The number of amides is 1. The van der Waals surface area contributed by atoms with Crippen LogP contribution >= 0.6 is 0 Å². The van der Waals surface area contributed by atoms with Crippen LogP contribution in [0.15, 0.2) is 17.6 Å². The average Bonchev–Trinajstić information content (AvgIpc) is 2.52. The second kappa shape index (κ2) is 5.25. The normalized spacial score (nSPS) is 23.4. The van der Waals surface area contributed by atoms with Crippen molar-refractivity contribution in [3.05, 3.63) is 12.7 Å². The topological polar surface area (TPSA) is 32.7 Å². The summed E-state index contributed by atoms with van der Waals surface area (Å²) < 4.78 is 0. The third-order valence-electron chi connectivity index (χ3n) is 4.06. The van der Waals surface area contributed by atoms with E-state index in [9.17, 15) is 4.79 Å². The number of rotatable bonds is 3. The van der Waals surface area contributed by atoms with Crippen molar-refractivity contribution < 1.29 is 4.79 Å². The van der Waals surface area contributed by atoms with Gasteiger partial charge in [-0.2, -0.15) is 0 Å². The molecule has 0 aromatic heterocycles. The van der Waals surface area contributed by atoms with Gasteiger partial charge in [-0.15, -0.1) is 6.58 Å². The van der Waals surface area contributed by atoms with Gasteiger partial charge in [-0.3, -0.25) is 9.79 Å². The van der Waals surface area contributed by atoms with Gasteiger partial charge in [-0.1, -0.05) is 32.8 Å². The molecule has 18 heavy (non-hydrogen) atoms. The van der Waals surface area contributed by atoms with Gasteiger partial charge in [0.25, 0.3) is 5.91 Å². The first-order chi connectivity index (χ1) is 8.60. The van der Waals surface area contributed by atoms with Crippen molar-refractivity contribution in [2.45, 2.75) is 58.0 Å². The molecule has 1 spiro atoms. The number of nitrogens with zero attached hydrogens (tertiary/aromatic N) is 2. The third-order valence-corrected chi connectivity index (χ3v) is 4.06. The fraction of sp³-hybridized carbons (Fsp3) is 0.733. The number of aliphatic imine (C=N–C) groups is 1. The highest BCUT2D eigenvalue weighted by Gasteiger charge is 2.46. The van der Waals surface area contributed by atoms with Crippen LogP contribution in [0.25, 0.3) is 0 Å². The molecule has 3 heteroatoms. The Morgan fingerprint density at radius 3 is 2.44 bits per heavy atom. The summed E-state index contributed by atoms with van der Waals surface area (Å²) in [5.74, 6) is 0.347. The van der Waals surface area contributed by atoms with Crippen molar-refractivity contribution in [1.29, 1.82) is 0 Å². The molecule has 0 aromatic rings. The number of hydrogen-bond donors (Lipinski definition) is 0. The summed E-state index contributed by atoms with van der Waals surface area (Å²) in [6.07, 6.45) is 8.75. The summed E-state index contributed by atoms with van der Waals surface area (Å²) >= 11 is 0. The Hall–Kier alpha value is -1.12. The van der Waals surface area contributed by atoms with E-state index in [2.05, 4.69) is 20.4 Å². The molecular formula is C15H24N2O. The molecule has 1 aliphatic carbocycles. The molecule has 1 heterocycles. The number of hydrogen-bond acceptors (Lipinski definition) is 2. The number of carbonyl (C=O) groups is 1. The first-order valence-electron chi connectivity index (χ1n) is 7.13. The van der Waals surface area contributed by atoms with E-state index in [1.54, 1.807) is 0 Å². The third kappa shape index (κ3) is 2.23. The summed E-state index contributed by atoms with van der Waals surface area (Å²) in [5, 5.41) is 0. The molecule has 0 unspecified atom stereocenters. The Labute approximate surface area is 110 Å². The van der Waals surface area contributed by atoms with Crippen LogP contribution in [-0.2, 0) is 4.79 Å². The zero-order valence-electron chi connectivity index (χ0n) is 11.6. The van der Waals surface area contributed by atoms with Gasteiger partial charge in [0.05, 0.1) is 0 Å². The van der Waals surface area contributed by atoms with Gasteiger partial charge >= 0.3 is 0 Å². The average molecular weight is 248 g/mol. The smallest absolute Gasteiger partial charge is 0.270 e. The first kappa shape index (κ1) is 13.3. The zero-order chi connectivity index (χ0) is 13.2. The SMILES string of the molecule is C=CCN1C(=O)C(C(C)C)=NC12CCCCCC2. The maximum absolute atomic E-state index is 12.5. The summed E-state index contributed by atoms with van der Waals surface area (Å²) in [4.78, 5) is 19.3. The number of carbonyl (C=O) groups excluding carboxylic acids is 1. The predicted molar refractivity (Wildman–Crippen MR) is 74.6 cm³/mol. The van der Waals surface area contributed by atoms with Crippen LogP contribution in [0.1, 0.15) is 52.4 Å². The van der Waals surface area contributed by atoms with Gasteiger partial charge in [0, 0.05) is 12.5 Å². The van der Waals surface area contributed by atoms with Gasteiger partial charge < -0.3 is 4.90 Å².